The second kappa shape index (κ2) is 8.73. The van der Waals surface area contributed by atoms with Crippen molar-refractivity contribution >= 4 is 27.5 Å². The predicted octanol–water partition coefficient (Wildman–Crippen LogP) is 3.04. The van der Waals surface area contributed by atoms with Crippen LogP contribution in [-0.2, 0) is 21.2 Å². The molecule has 0 bridgehead atoms. The maximum absolute atomic E-state index is 13.1. The lowest BCUT2D eigenvalue weighted by molar-refractivity contribution is -0.131. The largest absolute Gasteiger partial charge is 0.496 e. The number of sulfonamides is 1. The Balaban J connectivity index is 1.69. The molecule has 0 radical (unpaired) electrons. The van der Waals surface area contributed by atoms with Crippen LogP contribution in [-0.4, -0.2) is 56.8 Å². The SMILES string of the molecule is COc1ccc(S(=O)(=O)N2CCN(C(=O)Cc3ccccc3Cl)CC2)c(C)c1C. The molecule has 3 rings (SSSR count). The lowest BCUT2D eigenvalue weighted by atomic mass is 10.1. The van der Waals surface area contributed by atoms with Gasteiger partial charge in [-0.15, -0.1) is 0 Å². The monoisotopic (exact) mass is 436 g/mol. The van der Waals surface area contributed by atoms with E-state index in [2.05, 4.69) is 0 Å². The Bertz CT molecular complexity index is 1020. The van der Waals surface area contributed by atoms with E-state index in [9.17, 15) is 13.2 Å². The number of benzene rings is 2. The fraction of sp³-hybridized carbons (Fsp3) is 0.381. The van der Waals surface area contributed by atoms with Crippen LogP contribution in [0.15, 0.2) is 41.3 Å². The lowest BCUT2D eigenvalue weighted by Crippen LogP contribution is -2.51. The van der Waals surface area contributed by atoms with Crippen molar-refractivity contribution in [2.75, 3.05) is 33.3 Å². The molecule has 0 unspecified atom stereocenters. The number of halogens is 1. The van der Waals surface area contributed by atoms with Gasteiger partial charge in [-0.05, 0) is 48.7 Å². The quantitative estimate of drug-likeness (QED) is 0.722. The van der Waals surface area contributed by atoms with E-state index < -0.39 is 10.0 Å². The Hall–Kier alpha value is -2.09. The number of nitrogens with zero attached hydrogens (tertiary/aromatic N) is 2. The zero-order valence-corrected chi connectivity index (χ0v) is 18.4. The summed E-state index contributed by atoms with van der Waals surface area (Å²) in [5, 5.41) is 0.562. The van der Waals surface area contributed by atoms with Crippen LogP contribution < -0.4 is 4.74 Å². The molecule has 1 amide bonds. The molecular weight excluding hydrogens is 412 g/mol. The van der Waals surface area contributed by atoms with E-state index in [0.29, 0.717) is 29.4 Å². The highest BCUT2D eigenvalue weighted by molar-refractivity contribution is 7.89. The number of hydrogen-bond donors (Lipinski definition) is 0. The molecule has 1 aliphatic rings. The standard InChI is InChI=1S/C21H25ClN2O4S/c1-15-16(2)20(9-8-19(15)28-3)29(26,27)24-12-10-23(11-13-24)21(25)14-17-6-4-5-7-18(17)22/h4-9H,10-14H2,1-3H3. The first-order valence-corrected chi connectivity index (χ1v) is 11.2. The molecule has 1 aliphatic heterocycles. The fourth-order valence-corrected chi connectivity index (χ4v) is 5.41. The van der Waals surface area contributed by atoms with E-state index in [1.807, 2.05) is 25.1 Å². The van der Waals surface area contributed by atoms with Crippen molar-refractivity contribution < 1.29 is 17.9 Å². The smallest absolute Gasteiger partial charge is 0.243 e. The molecular formula is C21H25ClN2O4S. The normalized spacial score (nSPS) is 15.4. The summed E-state index contributed by atoms with van der Waals surface area (Å²) in [6, 6.07) is 10.5. The van der Waals surface area contributed by atoms with Crippen LogP contribution in [0.1, 0.15) is 16.7 Å². The van der Waals surface area contributed by atoms with Gasteiger partial charge < -0.3 is 9.64 Å². The molecule has 156 valence electrons. The number of ether oxygens (including phenoxy) is 1. The van der Waals surface area contributed by atoms with Gasteiger partial charge in [0, 0.05) is 31.2 Å². The molecule has 8 heteroatoms. The van der Waals surface area contributed by atoms with E-state index in [4.69, 9.17) is 16.3 Å². The van der Waals surface area contributed by atoms with Crippen LogP contribution in [0.5, 0.6) is 5.75 Å². The number of carbonyl (C=O) groups excluding carboxylic acids is 1. The summed E-state index contributed by atoms with van der Waals surface area (Å²) >= 11 is 6.14. The first-order valence-electron chi connectivity index (χ1n) is 9.41. The van der Waals surface area contributed by atoms with Crippen molar-refractivity contribution in [1.29, 1.82) is 0 Å². The zero-order chi connectivity index (χ0) is 21.2. The van der Waals surface area contributed by atoms with E-state index in [0.717, 1.165) is 11.1 Å². The van der Waals surface area contributed by atoms with Crippen molar-refractivity contribution in [3.05, 3.63) is 58.1 Å². The van der Waals surface area contributed by atoms with Gasteiger partial charge in [-0.1, -0.05) is 29.8 Å². The van der Waals surface area contributed by atoms with E-state index in [1.165, 1.54) is 4.31 Å². The van der Waals surface area contributed by atoms with E-state index >= 15 is 0 Å². The molecule has 0 N–H and O–H groups in total. The molecule has 6 nitrogen and oxygen atoms in total. The number of hydrogen-bond acceptors (Lipinski definition) is 4. The van der Waals surface area contributed by atoms with Crippen LogP contribution >= 0.6 is 11.6 Å². The Labute approximate surface area is 177 Å². The Morgan fingerprint density at radius 2 is 1.69 bits per heavy atom. The van der Waals surface area contributed by atoms with Gasteiger partial charge in [0.05, 0.1) is 18.4 Å². The first kappa shape index (κ1) is 21.6. The highest BCUT2D eigenvalue weighted by Gasteiger charge is 2.31. The van der Waals surface area contributed by atoms with Gasteiger partial charge in [0.2, 0.25) is 15.9 Å². The number of piperazine rings is 1. The van der Waals surface area contributed by atoms with Gasteiger partial charge in [0.1, 0.15) is 5.75 Å². The first-order chi connectivity index (χ1) is 13.8. The third-order valence-electron chi connectivity index (χ3n) is 5.42. The predicted molar refractivity (Wildman–Crippen MR) is 113 cm³/mol. The third kappa shape index (κ3) is 4.42. The second-order valence-electron chi connectivity index (χ2n) is 7.07. The maximum Gasteiger partial charge on any atom is 0.243 e. The third-order valence-corrected chi connectivity index (χ3v) is 7.83. The molecule has 0 aliphatic carbocycles. The van der Waals surface area contributed by atoms with Crippen LogP contribution in [0.25, 0.3) is 0 Å². The van der Waals surface area contributed by atoms with Gasteiger partial charge in [0.25, 0.3) is 0 Å². The van der Waals surface area contributed by atoms with Crippen LogP contribution in [0.3, 0.4) is 0 Å². The minimum Gasteiger partial charge on any atom is -0.496 e. The van der Waals surface area contributed by atoms with Crippen LogP contribution in [0.4, 0.5) is 0 Å². The lowest BCUT2D eigenvalue weighted by Gasteiger charge is -2.34. The molecule has 0 aromatic heterocycles. The summed E-state index contributed by atoms with van der Waals surface area (Å²) in [6.07, 6.45) is 0.212. The Kier molecular flexibility index (Phi) is 6.51. The summed E-state index contributed by atoms with van der Waals surface area (Å²) < 4.78 is 33.0. The molecule has 1 saturated heterocycles. The van der Waals surface area contributed by atoms with Gasteiger partial charge in [-0.25, -0.2) is 8.42 Å². The van der Waals surface area contributed by atoms with Gasteiger partial charge >= 0.3 is 0 Å². The zero-order valence-electron chi connectivity index (χ0n) is 16.8. The van der Waals surface area contributed by atoms with Crippen molar-refractivity contribution in [3.63, 3.8) is 0 Å². The van der Waals surface area contributed by atoms with Gasteiger partial charge in [-0.3, -0.25) is 4.79 Å². The Morgan fingerprint density at radius 1 is 1.03 bits per heavy atom. The summed E-state index contributed by atoms with van der Waals surface area (Å²) in [5.74, 6) is 0.614. The fourth-order valence-electron chi connectivity index (χ4n) is 3.50. The van der Waals surface area contributed by atoms with Crippen molar-refractivity contribution in [1.82, 2.24) is 9.21 Å². The highest BCUT2D eigenvalue weighted by atomic mass is 35.5. The summed E-state index contributed by atoms with van der Waals surface area (Å²) in [6.45, 7) is 4.88. The van der Waals surface area contributed by atoms with E-state index in [1.54, 1.807) is 37.1 Å². The highest BCUT2D eigenvalue weighted by Crippen LogP contribution is 2.29. The molecule has 2 aromatic rings. The second-order valence-corrected chi connectivity index (χ2v) is 9.38. The molecule has 0 atom stereocenters. The van der Waals surface area contributed by atoms with Crippen molar-refractivity contribution in [3.8, 4) is 5.75 Å². The molecule has 0 saturated carbocycles. The van der Waals surface area contributed by atoms with Gasteiger partial charge in [-0.2, -0.15) is 4.31 Å². The number of methoxy groups -OCH3 is 1. The maximum atomic E-state index is 13.1. The van der Waals surface area contributed by atoms with Gasteiger partial charge in [0.15, 0.2) is 0 Å². The summed E-state index contributed by atoms with van der Waals surface area (Å²) in [7, 11) is -2.07. The minimum atomic E-state index is -3.64. The molecule has 1 heterocycles. The van der Waals surface area contributed by atoms with E-state index in [-0.39, 0.29) is 30.3 Å². The van der Waals surface area contributed by atoms with Crippen molar-refractivity contribution in [2.24, 2.45) is 0 Å². The van der Waals surface area contributed by atoms with Crippen LogP contribution in [0, 0.1) is 13.8 Å². The minimum absolute atomic E-state index is 0.0494. The summed E-state index contributed by atoms with van der Waals surface area (Å²) in [4.78, 5) is 14.6. The number of carbonyl (C=O) groups is 1. The Morgan fingerprint density at radius 3 is 2.31 bits per heavy atom. The molecule has 29 heavy (non-hydrogen) atoms. The number of amides is 1. The van der Waals surface area contributed by atoms with Crippen molar-refractivity contribution in [2.45, 2.75) is 25.2 Å². The summed E-state index contributed by atoms with van der Waals surface area (Å²) in [5.41, 5.74) is 2.27. The van der Waals surface area contributed by atoms with Crippen LogP contribution in [0.2, 0.25) is 5.02 Å². The molecule has 1 fully saturated rings. The topological polar surface area (TPSA) is 66.9 Å². The average Bonchev–Trinajstić information content (AvgIpc) is 2.71. The molecule has 0 spiro atoms. The average molecular weight is 437 g/mol. The molecule has 2 aromatic carbocycles. The number of rotatable bonds is 5.